The number of nitrogens with one attached hydrogen (secondary N) is 1. The Labute approximate surface area is 103 Å². The molecule has 1 amide bonds. The van der Waals surface area contributed by atoms with Gasteiger partial charge in [-0.15, -0.1) is 0 Å². The summed E-state index contributed by atoms with van der Waals surface area (Å²) in [6.45, 7) is 1.65. The molecule has 0 unspecified atom stereocenters. The number of ether oxygens (including phenoxy) is 1. The fourth-order valence-corrected chi connectivity index (χ4v) is 3.09. The van der Waals surface area contributed by atoms with Crippen molar-refractivity contribution >= 4 is 5.91 Å². The van der Waals surface area contributed by atoms with Crippen LogP contribution in [0.15, 0.2) is 0 Å². The number of carbonyl (C=O) groups excluding carboxylic acids is 1. The number of hydrogen-bond acceptors (Lipinski definition) is 3. The summed E-state index contributed by atoms with van der Waals surface area (Å²) in [5, 5.41) is 3.66. The molecule has 2 rings (SSSR count). The van der Waals surface area contributed by atoms with Gasteiger partial charge >= 0.3 is 0 Å². The molecular weight excluding hydrogens is 216 g/mol. The molecule has 0 spiro atoms. The van der Waals surface area contributed by atoms with E-state index in [1.54, 1.807) is 0 Å². The van der Waals surface area contributed by atoms with E-state index in [4.69, 9.17) is 10.5 Å². The predicted molar refractivity (Wildman–Crippen MR) is 66.5 cm³/mol. The topological polar surface area (TPSA) is 64.4 Å². The molecule has 1 saturated heterocycles. The number of rotatable bonds is 5. The lowest BCUT2D eigenvalue weighted by Gasteiger charge is -2.32. The summed E-state index contributed by atoms with van der Waals surface area (Å²) in [6.07, 6.45) is 7.71. The lowest BCUT2D eigenvalue weighted by Crippen LogP contribution is -2.45. The molecule has 1 atom stereocenters. The second-order valence-electron chi connectivity index (χ2n) is 5.37. The van der Waals surface area contributed by atoms with E-state index < -0.39 is 0 Å². The fraction of sp³-hybridized carbons (Fsp3) is 0.923. The zero-order valence-electron chi connectivity index (χ0n) is 10.5. The van der Waals surface area contributed by atoms with E-state index in [0.717, 1.165) is 26.1 Å². The Hall–Kier alpha value is -0.610. The molecule has 4 nitrogen and oxygen atoms in total. The fourth-order valence-electron chi connectivity index (χ4n) is 3.09. The van der Waals surface area contributed by atoms with Crippen LogP contribution in [0.25, 0.3) is 0 Å². The average molecular weight is 240 g/mol. The van der Waals surface area contributed by atoms with E-state index in [-0.39, 0.29) is 11.9 Å². The first-order valence-electron chi connectivity index (χ1n) is 6.88. The summed E-state index contributed by atoms with van der Waals surface area (Å²) in [4.78, 5) is 11.2. The molecule has 4 heteroatoms. The van der Waals surface area contributed by atoms with E-state index >= 15 is 0 Å². The van der Waals surface area contributed by atoms with Gasteiger partial charge in [0.05, 0.1) is 0 Å². The van der Waals surface area contributed by atoms with Gasteiger partial charge in [0.2, 0.25) is 5.91 Å². The molecule has 3 N–H and O–H groups in total. The van der Waals surface area contributed by atoms with Gasteiger partial charge in [-0.1, -0.05) is 12.8 Å². The summed E-state index contributed by atoms with van der Waals surface area (Å²) in [6, 6.07) is 0.863. The molecule has 0 bridgehead atoms. The van der Waals surface area contributed by atoms with Crippen LogP contribution < -0.4 is 11.1 Å². The van der Waals surface area contributed by atoms with Crippen LogP contribution in [0.3, 0.4) is 0 Å². The third-order valence-electron chi connectivity index (χ3n) is 4.06. The number of primary amides is 1. The van der Waals surface area contributed by atoms with Crippen LogP contribution in [-0.2, 0) is 9.53 Å². The Bertz CT molecular complexity index is 246. The molecule has 1 saturated carbocycles. The maximum absolute atomic E-state index is 11.2. The highest BCUT2D eigenvalue weighted by Crippen LogP contribution is 2.24. The van der Waals surface area contributed by atoms with Crippen molar-refractivity contribution in [3.63, 3.8) is 0 Å². The molecule has 1 heterocycles. The lowest BCUT2D eigenvalue weighted by molar-refractivity contribution is -0.119. The molecule has 0 aromatic carbocycles. The van der Waals surface area contributed by atoms with Crippen molar-refractivity contribution in [3.8, 4) is 0 Å². The molecule has 1 aliphatic carbocycles. The van der Waals surface area contributed by atoms with E-state index in [0.29, 0.717) is 18.4 Å². The largest absolute Gasteiger partial charge is 0.381 e. The summed E-state index contributed by atoms with van der Waals surface area (Å²) in [7, 11) is 0. The van der Waals surface area contributed by atoms with E-state index in [2.05, 4.69) is 5.32 Å². The van der Waals surface area contributed by atoms with Crippen LogP contribution in [-0.4, -0.2) is 31.2 Å². The zero-order chi connectivity index (χ0) is 12.1. The van der Waals surface area contributed by atoms with Gasteiger partial charge in [-0.25, -0.2) is 0 Å². The van der Waals surface area contributed by atoms with Crippen LogP contribution in [0.1, 0.15) is 44.9 Å². The standard InChI is InChI=1S/C13H24N2O2/c14-13(16)9-12(10-5-7-17-8-6-10)15-11-3-1-2-4-11/h10-12,15H,1-9H2,(H2,14,16)/t12-/m1/s1. The second-order valence-corrected chi connectivity index (χ2v) is 5.37. The Morgan fingerprint density at radius 1 is 1.24 bits per heavy atom. The summed E-state index contributed by atoms with van der Waals surface area (Å²) in [5.74, 6) is 0.365. The molecule has 0 aromatic rings. The van der Waals surface area contributed by atoms with Crippen LogP contribution in [0, 0.1) is 5.92 Å². The zero-order valence-corrected chi connectivity index (χ0v) is 10.5. The maximum Gasteiger partial charge on any atom is 0.218 e. The van der Waals surface area contributed by atoms with Crippen LogP contribution >= 0.6 is 0 Å². The van der Waals surface area contributed by atoms with Crippen molar-refractivity contribution < 1.29 is 9.53 Å². The highest BCUT2D eigenvalue weighted by Gasteiger charge is 2.28. The molecule has 0 radical (unpaired) electrons. The van der Waals surface area contributed by atoms with E-state index in [9.17, 15) is 4.79 Å². The third-order valence-corrected chi connectivity index (χ3v) is 4.06. The molecule has 2 aliphatic rings. The summed E-state index contributed by atoms with van der Waals surface area (Å²) >= 11 is 0. The highest BCUT2D eigenvalue weighted by atomic mass is 16.5. The van der Waals surface area contributed by atoms with E-state index in [1.165, 1.54) is 25.7 Å². The monoisotopic (exact) mass is 240 g/mol. The normalized spacial score (nSPS) is 24.9. The van der Waals surface area contributed by atoms with Crippen molar-refractivity contribution in [1.82, 2.24) is 5.32 Å². The van der Waals surface area contributed by atoms with Gasteiger partial charge in [-0.2, -0.15) is 0 Å². The molecule has 98 valence electrons. The first kappa shape index (κ1) is 12.8. The molecular formula is C13H24N2O2. The van der Waals surface area contributed by atoms with Crippen LogP contribution in [0.2, 0.25) is 0 Å². The Morgan fingerprint density at radius 2 is 1.88 bits per heavy atom. The minimum atomic E-state index is -0.188. The van der Waals surface area contributed by atoms with Crippen LogP contribution in [0.5, 0.6) is 0 Å². The van der Waals surface area contributed by atoms with Gasteiger partial charge in [0, 0.05) is 31.7 Å². The van der Waals surface area contributed by atoms with Gasteiger partial charge in [-0.3, -0.25) is 4.79 Å². The predicted octanol–water partition coefficient (Wildman–Crippen LogP) is 1.19. The van der Waals surface area contributed by atoms with Gasteiger partial charge in [-0.05, 0) is 31.6 Å². The second kappa shape index (κ2) is 6.36. The van der Waals surface area contributed by atoms with Gasteiger partial charge in [0.15, 0.2) is 0 Å². The molecule has 17 heavy (non-hydrogen) atoms. The quantitative estimate of drug-likeness (QED) is 0.758. The Kier molecular flexibility index (Phi) is 4.80. The van der Waals surface area contributed by atoms with Gasteiger partial charge < -0.3 is 15.8 Å². The average Bonchev–Trinajstić information content (AvgIpc) is 2.82. The number of hydrogen-bond donors (Lipinski definition) is 2. The van der Waals surface area contributed by atoms with Crippen molar-refractivity contribution in [1.29, 1.82) is 0 Å². The van der Waals surface area contributed by atoms with Gasteiger partial charge in [0.25, 0.3) is 0 Å². The van der Waals surface area contributed by atoms with Crippen molar-refractivity contribution in [2.45, 2.75) is 57.0 Å². The van der Waals surface area contributed by atoms with Crippen molar-refractivity contribution in [3.05, 3.63) is 0 Å². The lowest BCUT2D eigenvalue weighted by atomic mass is 9.89. The molecule has 0 aromatic heterocycles. The van der Waals surface area contributed by atoms with Crippen molar-refractivity contribution in [2.24, 2.45) is 11.7 Å². The van der Waals surface area contributed by atoms with Gasteiger partial charge in [0.1, 0.15) is 0 Å². The minimum absolute atomic E-state index is 0.188. The number of amides is 1. The smallest absolute Gasteiger partial charge is 0.218 e. The first-order valence-corrected chi connectivity index (χ1v) is 6.88. The highest BCUT2D eigenvalue weighted by molar-refractivity contribution is 5.74. The number of nitrogens with two attached hydrogens (primary N) is 1. The maximum atomic E-state index is 11.2. The minimum Gasteiger partial charge on any atom is -0.381 e. The molecule has 1 aliphatic heterocycles. The Balaban J connectivity index is 1.88. The summed E-state index contributed by atoms with van der Waals surface area (Å²) in [5.41, 5.74) is 5.36. The summed E-state index contributed by atoms with van der Waals surface area (Å²) < 4.78 is 5.38. The van der Waals surface area contributed by atoms with Crippen LogP contribution in [0.4, 0.5) is 0 Å². The first-order chi connectivity index (χ1) is 8.25. The molecule has 2 fully saturated rings. The number of carbonyl (C=O) groups is 1. The Morgan fingerprint density at radius 3 is 2.47 bits per heavy atom. The van der Waals surface area contributed by atoms with Crippen molar-refractivity contribution in [2.75, 3.05) is 13.2 Å². The third kappa shape index (κ3) is 3.96. The van der Waals surface area contributed by atoms with E-state index in [1.807, 2.05) is 0 Å². The SMILES string of the molecule is NC(=O)C[C@@H](NC1CCCC1)C1CCOCC1.